The molecule has 1 nitrogen and oxygen atoms in total. The molecule has 0 saturated heterocycles. The zero-order valence-electron chi connectivity index (χ0n) is 9.13. The molecule has 2 N–H and O–H groups in total. The zero-order valence-corrected chi connectivity index (χ0v) is 9.13. The van der Waals surface area contributed by atoms with Gasteiger partial charge in [-0.1, -0.05) is 12.1 Å². The summed E-state index contributed by atoms with van der Waals surface area (Å²) >= 11 is 0. The van der Waals surface area contributed by atoms with E-state index in [1.807, 2.05) is 0 Å². The Bertz CT molecular complexity index is 575. The van der Waals surface area contributed by atoms with Crippen LogP contribution in [-0.2, 0) is 6.18 Å². The molecule has 2 aromatic carbocycles. The second-order valence-electron chi connectivity index (χ2n) is 3.85. The lowest BCUT2D eigenvalue weighted by molar-refractivity contribution is -0.137. The highest BCUT2D eigenvalue weighted by Gasteiger charge is 2.31. The van der Waals surface area contributed by atoms with E-state index in [1.165, 1.54) is 24.3 Å². The lowest BCUT2D eigenvalue weighted by atomic mass is 10.0. The molecule has 0 bridgehead atoms. The van der Waals surface area contributed by atoms with Crippen molar-refractivity contribution in [2.75, 3.05) is 5.73 Å². The smallest absolute Gasteiger partial charge is 0.399 e. The van der Waals surface area contributed by atoms with Crippen LogP contribution in [0.25, 0.3) is 11.1 Å². The van der Waals surface area contributed by atoms with Gasteiger partial charge in [-0.15, -0.1) is 0 Å². The summed E-state index contributed by atoms with van der Waals surface area (Å²) < 4.78 is 50.9. The van der Waals surface area contributed by atoms with Crippen LogP contribution in [-0.4, -0.2) is 0 Å². The molecule has 0 amide bonds. The Morgan fingerprint density at radius 2 is 1.61 bits per heavy atom. The molecular weight excluding hydrogens is 246 g/mol. The molecule has 0 aromatic heterocycles. The topological polar surface area (TPSA) is 26.0 Å². The lowest BCUT2D eigenvalue weighted by Gasteiger charge is -2.10. The highest BCUT2D eigenvalue weighted by molar-refractivity contribution is 5.68. The Hall–Kier alpha value is -2.04. The van der Waals surface area contributed by atoms with Gasteiger partial charge < -0.3 is 5.73 Å². The van der Waals surface area contributed by atoms with Gasteiger partial charge in [0.25, 0.3) is 0 Å². The maximum Gasteiger partial charge on any atom is 0.416 e. The molecule has 5 heteroatoms. The summed E-state index contributed by atoms with van der Waals surface area (Å²) in [5, 5.41) is 0. The van der Waals surface area contributed by atoms with Gasteiger partial charge in [0.2, 0.25) is 0 Å². The van der Waals surface area contributed by atoms with Crippen molar-refractivity contribution in [3.8, 4) is 11.1 Å². The lowest BCUT2D eigenvalue weighted by Crippen LogP contribution is -2.06. The Balaban J connectivity index is 2.55. The van der Waals surface area contributed by atoms with Crippen LogP contribution in [0.3, 0.4) is 0 Å². The molecular formula is C13H9F4N. The van der Waals surface area contributed by atoms with Crippen LogP contribution >= 0.6 is 0 Å². The molecule has 0 heterocycles. The summed E-state index contributed by atoms with van der Waals surface area (Å²) in [6.45, 7) is 0. The van der Waals surface area contributed by atoms with E-state index in [1.54, 1.807) is 0 Å². The molecule has 0 fully saturated rings. The Kier molecular flexibility index (Phi) is 2.98. The summed E-state index contributed by atoms with van der Waals surface area (Å²) in [7, 11) is 0. The van der Waals surface area contributed by atoms with Crippen molar-refractivity contribution in [1.29, 1.82) is 0 Å². The van der Waals surface area contributed by atoms with Crippen LogP contribution in [0, 0.1) is 5.82 Å². The average Bonchev–Trinajstić information content (AvgIpc) is 2.27. The van der Waals surface area contributed by atoms with Gasteiger partial charge in [0.05, 0.1) is 5.56 Å². The van der Waals surface area contributed by atoms with Gasteiger partial charge >= 0.3 is 6.18 Å². The molecule has 18 heavy (non-hydrogen) atoms. The molecule has 2 aromatic rings. The number of alkyl halides is 3. The van der Waals surface area contributed by atoms with Gasteiger partial charge in [-0.25, -0.2) is 4.39 Å². The third kappa shape index (κ3) is 2.61. The molecule has 0 aliphatic heterocycles. The molecule has 0 spiro atoms. The third-order valence-corrected chi connectivity index (χ3v) is 2.44. The van der Waals surface area contributed by atoms with Gasteiger partial charge in [0, 0.05) is 5.69 Å². The van der Waals surface area contributed by atoms with E-state index in [9.17, 15) is 17.6 Å². The fraction of sp³-hybridized carbons (Fsp3) is 0.0769. The minimum atomic E-state index is -4.47. The van der Waals surface area contributed by atoms with Crippen LogP contribution in [0.2, 0.25) is 0 Å². The summed E-state index contributed by atoms with van der Waals surface area (Å²) in [4.78, 5) is 0. The number of rotatable bonds is 1. The van der Waals surface area contributed by atoms with Crippen LogP contribution in [0.15, 0.2) is 42.5 Å². The molecule has 0 unspecified atom stereocenters. The highest BCUT2D eigenvalue weighted by atomic mass is 19.4. The standard InChI is InChI=1S/C13H9F4N/c14-11-3-1-2-8(5-11)9-4-10(13(15,16)17)7-12(18)6-9/h1-7H,18H2. The SMILES string of the molecule is Nc1cc(-c2cccc(F)c2)cc(C(F)(F)F)c1. The molecule has 0 saturated carbocycles. The van der Waals surface area contributed by atoms with E-state index in [0.717, 1.165) is 18.2 Å². The highest BCUT2D eigenvalue weighted by Crippen LogP contribution is 2.34. The number of nitrogens with two attached hydrogens (primary N) is 1. The number of hydrogen-bond donors (Lipinski definition) is 1. The summed E-state index contributed by atoms with van der Waals surface area (Å²) in [5.74, 6) is -0.511. The second kappa shape index (κ2) is 4.33. The minimum Gasteiger partial charge on any atom is -0.399 e. The van der Waals surface area contributed by atoms with E-state index < -0.39 is 17.6 Å². The molecule has 0 atom stereocenters. The third-order valence-electron chi connectivity index (χ3n) is 2.44. The van der Waals surface area contributed by atoms with Gasteiger partial charge in [-0.2, -0.15) is 13.2 Å². The average molecular weight is 255 g/mol. The Morgan fingerprint density at radius 3 is 2.22 bits per heavy atom. The van der Waals surface area contributed by atoms with Crippen molar-refractivity contribution in [3.63, 3.8) is 0 Å². The van der Waals surface area contributed by atoms with Crippen molar-refractivity contribution < 1.29 is 17.6 Å². The number of benzene rings is 2. The zero-order chi connectivity index (χ0) is 13.3. The van der Waals surface area contributed by atoms with Crippen LogP contribution in [0.1, 0.15) is 5.56 Å². The van der Waals surface area contributed by atoms with Crippen molar-refractivity contribution in [1.82, 2.24) is 0 Å². The quantitative estimate of drug-likeness (QED) is 0.602. The van der Waals surface area contributed by atoms with Crippen molar-refractivity contribution in [2.24, 2.45) is 0 Å². The van der Waals surface area contributed by atoms with Gasteiger partial charge in [0.15, 0.2) is 0 Å². The van der Waals surface area contributed by atoms with E-state index >= 15 is 0 Å². The molecule has 0 aliphatic rings. The maximum absolute atomic E-state index is 13.0. The number of hydrogen-bond acceptors (Lipinski definition) is 1. The monoisotopic (exact) mass is 255 g/mol. The van der Waals surface area contributed by atoms with E-state index in [-0.39, 0.29) is 11.3 Å². The predicted octanol–water partition coefficient (Wildman–Crippen LogP) is 4.09. The minimum absolute atomic E-state index is 0.0101. The summed E-state index contributed by atoms with van der Waals surface area (Å²) in [5.41, 5.74) is 5.17. The first-order chi connectivity index (χ1) is 8.36. The Morgan fingerprint density at radius 1 is 0.889 bits per heavy atom. The predicted molar refractivity (Wildman–Crippen MR) is 61.3 cm³/mol. The van der Waals surface area contributed by atoms with Gasteiger partial charge in [0.1, 0.15) is 5.82 Å². The Labute approximate surface area is 101 Å². The van der Waals surface area contributed by atoms with Gasteiger partial charge in [-0.3, -0.25) is 0 Å². The first kappa shape index (κ1) is 12.4. The first-order valence-electron chi connectivity index (χ1n) is 5.10. The van der Waals surface area contributed by atoms with Crippen molar-refractivity contribution >= 4 is 5.69 Å². The normalized spacial score (nSPS) is 11.6. The fourth-order valence-electron chi connectivity index (χ4n) is 1.65. The van der Waals surface area contributed by atoms with Gasteiger partial charge in [-0.05, 0) is 41.5 Å². The van der Waals surface area contributed by atoms with Crippen LogP contribution in [0.5, 0.6) is 0 Å². The number of nitrogen functional groups attached to an aromatic ring is 1. The maximum atomic E-state index is 13.0. The number of halogens is 4. The largest absolute Gasteiger partial charge is 0.416 e. The van der Waals surface area contributed by atoms with E-state index in [4.69, 9.17) is 5.73 Å². The number of anilines is 1. The summed E-state index contributed by atoms with van der Waals surface area (Å²) in [6.07, 6.45) is -4.47. The molecule has 0 radical (unpaired) electrons. The molecule has 2 rings (SSSR count). The second-order valence-corrected chi connectivity index (χ2v) is 3.85. The van der Waals surface area contributed by atoms with E-state index in [2.05, 4.69) is 0 Å². The molecule has 0 aliphatic carbocycles. The fourth-order valence-corrected chi connectivity index (χ4v) is 1.65. The first-order valence-corrected chi connectivity index (χ1v) is 5.10. The summed E-state index contributed by atoms with van der Waals surface area (Å²) in [6, 6.07) is 8.52. The van der Waals surface area contributed by atoms with Crippen molar-refractivity contribution in [2.45, 2.75) is 6.18 Å². The van der Waals surface area contributed by atoms with E-state index in [0.29, 0.717) is 5.56 Å². The van der Waals surface area contributed by atoms with Crippen LogP contribution < -0.4 is 5.73 Å². The molecule has 94 valence electrons. The van der Waals surface area contributed by atoms with Crippen molar-refractivity contribution in [3.05, 3.63) is 53.8 Å². The van der Waals surface area contributed by atoms with Crippen LogP contribution in [0.4, 0.5) is 23.2 Å².